The summed E-state index contributed by atoms with van der Waals surface area (Å²) in [5.74, 6) is 1.83. The van der Waals surface area contributed by atoms with Gasteiger partial charge in [0.2, 0.25) is 0 Å². The molecule has 0 aliphatic rings. The summed E-state index contributed by atoms with van der Waals surface area (Å²) in [6, 6.07) is 61.6. The highest BCUT2D eigenvalue weighted by molar-refractivity contribution is 6.19. The first-order chi connectivity index (χ1) is 26.2. The van der Waals surface area contributed by atoms with Gasteiger partial charge in [0.05, 0.1) is 0 Å². The van der Waals surface area contributed by atoms with Crippen LogP contribution in [0, 0.1) is 0 Å². The van der Waals surface area contributed by atoms with Crippen molar-refractivity contribution in [3.05, 3.63) is 176 Å². The number of hydrogen-bond acceptors (Lipinski definition) is 4. The van der Waals surface area contributed by atoms with Crippen LogP contribution in [0.5, 0.6) is 0 Å². The van der Waals surface area contributed by atoms with E-state index in [9.17, 15) is 0 Å². The van der Waals surface area contributed by atoms with Crippen LogP contribution >= 0.6 is 0 Å². The van der Waals surface area contributed by atoms with E-state index in [0.717, 1.165) is 65.9 Å². The predicted octanol–water partition coefficient (Wildman–Crippen LogP) is 13.1. The molecule has 246 valence electrons. The maximum atomic E-state index is 6.78. The number of aromatic nitrogens is 3. The average molecular weight is 676 g/mol. The predicted molar refractivity (Wildman–Crippen MR) is 219 cm³/mol. The SMILES string of the molecule is c1ccc(-c2nc(-c3ccc4c(ccc5c6ccccc6ccc45)c3)nc(-c3ccc(-c4ccccc4)c4oc5cc6ccccc6cc5c34)n2)cc1. The van der Waals surface area contributed by atoms with Crippen molar-refractivity contribution < 1.29 is 4.42 Å². The summed E-state index contributed by atoms with van der Waals surface area (Å²) in [5, 5.41) is 11.6. The summed E-state index contributed by atoms with van der Waals surface area (Å²) in [4.78, 5) is 15.5. The molecule has 0 aliphatic heterocycles. The lowest BCUT2D eigenvalue weighted by Crippen LogP contribution is -2.00. The molecule has 0 spiro atoms. The zero-order chi connectivity index (χ0) is 34.9. The number of hydrogen-bond donors (Lipinski definition) is 0. The summed E-state index contributed by atoms with van der Waals surface area (Å²) in [6.45, 7) is 0. The quantitative estimate of drug-likeness (QED) is 0.174. The van der Waals surface area contributed by atoms with Gasteiger partial charge >= 0.3 is 0 Å². The van der Waals surface area contributed by atoms with Crippen LogP contribution in [0.25, 0.3) is 110 Å². The maximum absolute atomic E-state index is 6.78. The van der Waals surface area contributed by atoms with Gasteiger partial charge in [-0.05, 0) is 79.0 Å². The van der Waals surface area contributed by atoms with Crippen LogP contribution in [0.3, 0.4) is 0 Å². The molecule has 2 aromatic heterocycles. The fraction of sp³-hybridized carbons (Fsp3) is 0. The molecule has 0 saturated heterocycles. The maximum Gasteiger partial charge on any atom is 0.164 e. The molecule has 0 amide bonds. The lowest BCUT2D eigenvalue weighted by Gasteiger charge is -2.12. The zero-order valence-electron chi connectivity index (χ0n) is 28.5. The van der Waals surface area contributed by atoms with Crippen LogP contribution < -0.4 is 0 Å². The topological polar surface area (TPSA) is 51.8 Å². The number of rotatable bonds is 4. The molecule has 9 aromatic carbocycles. The van der Waals surface area contributed by atoms with Crippen LogP contribution in [0.2, 0.25) is 0 Å². The van der Waals surface area contributed by atoms with Crippen molar-refractivity contribution in [3.8, 4) is 45.3 Å². The van der Waals surface area contributed by atoms with E-state index in [1.807, 2.05) is 36.4 Å². The molecule has 0 N–H and O–H groups in total. The van der Waals surface area contributed by atoms with Crippen LogP contribution in [0.15, 0.2) is 180 Å². The Kier molecular flexibility index (Phi) is 6.52. The number of fused-ring (bicyclic) bond motifs is 9. The molecular formula is C49H29N3O. The third kappa shape index (κ3) is 4.80. The molecule has 4 nitrogen and oxygen atoms in total. The highest BCUT2D eigenvalue weighted by Crippen LogP contribution is 2.43. The molecule has 0 saturated carbocycles. The molecule has 0 fully saturated rings. The Bertz CT molecular complexity index is 3220. The Balaban J connectivity index is 1.16. The second-order valence-electron chi connectivity index (χ2n) is 13.6. The van der Waals surface area contributed by atoms with Gasteiger partial charge in [0.1, 0.15) is 11.2 Å². The van der Waals surface area contributed by atoms with Crippen LogP contribution in [0.1, 0.15) is 0 Å². The monoisotopic (exact) mass is 675 g/mol. The Hall–Kier alpha value is -7.17. The minimum atomic E-state index is 0.597. The van der Waals surface area contributed by atoms with Gasteiger partial charge in [-0.2, -0.15) is 0 Å². The van der Waals surface area contributed by atoms with Crippen LogP contribution in [-0.2, 0) is 0 Å². The van der Waals surface area contributed by atoms with Gasteiger partial charge in [-0.3, -0.25) is 0 Å². The van der Waals surface area contributed by atoms with E-state index < -0.39 is 0 Å². The summed E-state index contributed by atoms with van der Waals surface area (Å²) in [6.07, 6.45) is 0. The van der Waals surface area contributed by atoms with E-state index >= 15 is 0 Å². The van der Waals surface area contributed by atoms with E-state index in [1.165, 1.54) is 26.9 Å². The molecule has 0 bridgehead atoms. The minimum Gasteiger partial charge on any atom is -0.455 e. The van der Waals surface area contributed by atoms with Gasteiger partial charge in [0.25, 0.3) is 0 Å². The summed E-state index contributed by atoms with van der Waals surface area (Å²) in [5.41, 5.74) is 6.51. The molecule has 0 atom stereocenters. The highest BCUT2D eigenvalue weighted by atomic mass is 16.3. The van der Waals surface area contributed by atoms with Crippen molar-refractivity contribution in [2.45, 2.75) is 0 Å². The summed E-state index contributed by atoms with van der Waals surface area (Å²) < 4.78 is 6.78. The third-order valence-corrected chi connectivity index (χ3v) is 10.5. The normalized spacial score (nSPS) is 11.8. The summed E-state index contributed by atoms with van der Waals surface area (Å²) in [7, 11) is 0. The van der Waals surface area contributed by atoms with Gasteiger partial charge < -0.3 is 4.42 Å². The molecular weight excluding hydrogens is 647 g/mol. The molecule has 2 heterocycles. The average Bonchev–Trinajstić information content (AvgIpc) is 3.60. The van der Waals surface area contributed by atoms with Crippen molar-refractivity contribution in [1.29, 1.82) is 0 Å². The van der Waals surface area contributed by atoms with E-state index in [0.29, 0.717) is 17.5 Å². The smallest absolute Gasteiger partial charge is 0.164 e. The minimum absolute atomic E-state index is 0.597. The molecule has 11 rings (SSSR count). The first-order valence-electron chi connectivity index (χ1n) is 17.9. The second-order valence-corrected chi connectivity index (χ2v) is 13.6. The van der Waals surface area contributed by atoms with E-state index in [1.54, 1.807) is 0 Å². The van der Waals surface area contributed by atoms with Crippen molar-refractivity contribution >= 4 is 65.0 Å². The lowest BCUT2D eigenvalue weighted by molar-refractivity contribution is 0.670. The van der Waals surface area contributed by atoms with Crippen LogP contribution in [0.4, 0.5) is 0 Å². The fourth-order valence-electron chi connectivity index (χ4n) is 7.91. The largest absolute Gasteiger partial charge is 0.455 e. The third-order valence-electron chi connectivity index (χ3n) is 10.5. The van der Waals surface area contributed by atoms with Gasteiger partial charge in [-0.1, -0.05) is 146 Å². The van der Waals surface area contributed by atoms with Crippen LogP contribution in [-0.4, -0.2) is 15.0 Å². The van der Waals surface area contributed by atoms with Gasteiger partial charge in [-0.25, -0.2) is 15.0 Å². The number of benzene rings is 9. The summed E-state index contributed by atoms with van der Waals surface area (Å²) >= 11 is 0. The molecule has 11 aromatic rings. The molecule has 0 aliphatic carbocycles. The lowest BCUT2D eigenvalue weighted by atomic mass is 9.96. The molecule has 4 heteroatoms. The first-order valence-corrected chi connectivity index (χ1v) is 17.9. The molecule has 53 heavy (non-hydrogen) atoms. The van der Waals surface area contributed by atoms with Crippen molar-refractivity contribution in [1.82, 2.24) is 15.0 Å². The standard InChI is InChI=1S/C49H29N3O/c1-3-11-30(12-4-1)39-25-26-42(45-43-28-33-16-7-8-17-34(33)29-44(43)53-46(39)45)49-51-47(32-14-5-2-6-15-32)50-48(52-49)36-21-22-38-35(27-36)20-24-40-37-18-10-9-13-31(37)19-23-41(38)40/h1-29H. The van der Waals surface area contributed by atoms with E-state index in [4.69, 9.17) is 19.4 Å². The van der Waals surface area contributed by atoms with E-state index in [-0.39, 0.29) is 0 Å². The molecule has 0 unspecified atom stereocenters. The highest BCUT2D eigenvalue weighted by Gasteiger charge is 2.21. The van der Waals surface area contributed by atoms with Crippen molar-refractivity contribution in [2.75, 3.05) is 0 Å². The fourth-order valence-corrected chi connectivity index (χ4v) is 7.91. The number of furan rings is 1. The Morgan fingerprint density at radius 1 is 0.321 bits per heavy atom. The first kappa shape index (κ1) is 29.5. The van der Waals surface area contributed by atoms with Gasteiger partial charge in [0.15, 0.2) is 17.5 Å². The van der Waals surface area contributed by atoms with Gasteiger partial charge in [-0.15, -0.1) is 0 Å². The Morgan fingerprint density at radius 2 is 0.887 bits per heavy atom. The van der Waals surface area contributed by atoms with Crippen molar-refractivity contribution in [2.24, 2.45) is 0 Å². The zero-order valence-corrected chi connectivity index (χ0v) is 28.5. The molecule has 0 radical (unpaired) electrons. The Labute approximate surface area is 304 Å². The van der Waals surface area contributed by atoms with E-state index in [2.05, 4.69) is 140 Å². The van der Waals surface area contributed by atoms with Crippen molar-refractivity contribution in [3.63, 3.8) is 0 Å². The Morgan fingerprint density at radius 3 is 1.66 bits per heavy atom. The second kappa shape index (κ2) is 11.7. The van der Waals surface area contributed by atoms with Gasteiger partial charge in [0, 0.05) is 33.0 Å². The number of nitrogens with zero attached hydrogens (tertiary/aromatic N) is 3.